The highest BCUT2D eigenvalue weighted by Gasteiger charge is 2.53. The van der Waals surface area contributed by atoms with Crippen LogP contribution < -0.4 is 4.74 Å². The summed E-state index contributed by atoms with van der Waals surface area (Å²) in [6, 6.07) is 24.0. The molecule has 6 rings (SSSR count). The topological polar surface area (TPSA) is 22.1 Å². The molecule has 0 spiro atoms. The van der Waals surface area contributed by atoms with Gasteiger partial charge in [0.2, 0.25) is 0 Å². The van der Waals surface area contributed by atoms with Gasteiger partial charge in [-0.2, -0.15) is 0 Å². The van der Waals surface area contributed by atoms with E-state index in [0.29, 0.717) is 5.92 Å². The Morgan fingerprint density at radius 1 is 0.867 bits per heavy atom. The Balaban J connectivity index is 1.56. The highest BCUT2D eigenvalue weighted by atomic mass is 16.5. The zero-order valence-corrected chi connectivity index (χ0v) is 17.9. The lowest BCUT2D eigenvalue weighted by Crippen LogP contribution is -2.23. The summed E-state index contributed by atoms with van der Waals surface area (Å²) in [7, 11) is 0. The second kappa shape index (κ2) is 5.95. The van der Waals surface area contributed by atoms with E-state index in [2.05, 4.69) is 94.4 Å². The largest absolute Gasteiger partial charge is 0.485 e. The first-order valence-corrected chi connectivity index (χ1v) is 10.7. The average Bonchev–Trinajstić information content (AvgIpc) is 3.22. The number of ether oxygens (including phenoxy) is 1. The van der Waals surface area contributed by atoms with Crippen molar-refractivity contribution in [3.63, 3.8) is 0 Å². The van der Waals surface area contributed by atoms with Crippen molar-refractivity contribution in [2.75, 3.05) is 0 Å². The Bertz CT molecular complexity index is 1330. The van der Waals surface area contributed by atoms with Crippen molar-refractivity contribution < 1.29 is 4.74 Å². The van der Waals surface area contributed by atoms with Crippen LogP contribution in [0.2, 0.25) is 0 Å². The molecule has 0 saturated carbocycles. The minimum absolute atomic E-state index is 0.0393. The van der Waals surface area contributed by atoms with Crippen molar-refractivity contribution in [3.8, 4) is 17.0 Å². The van der Waals surface area contributed by atoms with Gasteiger partial charge in [-0.3, -0.25) is 0 Å². The van der Waals surface area contributed by atoms with Crippen LogP contribution in [0.3, 0.4) is 0 Å². The van der Waals surface area contributed by atoms with Gasteiger partial charge in [-0.15, -0.1) is 0 Å². The van der Waals surface area contributed by atoms with Crippen molar-refractivity contribution in [2.24, 2.45) is 0 Å². The number of rotatable bonds is 1. The summed E-state index contributed by atoms with van der Waals surface area (Å²) in [5.74, 6) is 1.36. The first-order chi connectivity index (χ1) is 14.4. The summed E-state index contributed by atoms with van der Waals surface area (Å²) in [6.07, 6.45) is 0.0808. The van der Waals surface area contributed by atoms with Crippen LogP contribution in [0.5, 0.6) is 5.75 Å². The molecule has 1 aliphatic heterocycles. The monoisotopic (exact) mass is 391 g/mol. The van der Waals surface area contributed by atoms with Gasteiger partial charge in [0.05, 0.1) is 11.2 Å². The average molecular weight is 392 g/mol. The van der Waals surface area contributed by atoms with Crippen molar-refractivity contribution in [3.05, 3.63) is 94.5 Å². The zero-order valence-electron chi connectivity index (χ0n) is 17.9. The lowest BCUT2D eigenvalue weighted by molar-refractivity contribution is 0.198. The lowest BCUT2D eigenvalue weighted by atomic mass is 9.73. The quantitative estimate of drug-likeness (QED) is 0.347. The number of aryl methyl sites for hydroxylation is 2. The van der Waals surface area contributed by atoms with Gasteiger partial charge in [0.25, 0.3) is 0 Å². The van der Waals surface area contributed by atoms with Gasteiger partial charge in [-0.05, 0) is 54.3 Å². The Kier molecular flexibility index (Phi) is 3.51. The van der Waals surface area contributed by atoms with Crippen LogP contribution in [-0.4, -0.2) is 4.98 Å². The van der Waals surface area contributed by atoms with E-state index in [1.54, 1.807) is 0 Å². The second-order valence-electron chi connectivity index (χ2n) is 9.39. The van der Waals surface area contributed by atoms with E-state index in [9.17, 15) is 0 Å². The predicted octanol–water partition coefficient (Wildman–Crippen LogP) is 7.03. The third-order valence-corrected chi connectivity index (χ3v) is 7.07. The number of fused-ring (bicyclic) bond motifs is 6. The summed E-state index contributed by atoms with van der Waals surface area (Å²) >= 11 is 0. The molecule has 0 saturated heterocycles. The van der Waals surface area contributed by atoms with E-state index in [1.807, 2.05) is 0 Å². The van der Waals surface area contributed by atoms with E-state index in [0.717, 1.165) is 17.0 Å². The van der Waals surface area contributed by atoms with Crippen molar-refractivity contribution >= 4 is 10.9 Å². The summed E-state index contributed by atoms with van der Waals surface area (Å²) in [6.45, 7) is 9.03. The molecule has 4 aromatic rings. The van der Waals surface area contributed by atoms with Crippen LogP contribution in [0.1, 0.15) is 53.7 Å². The smallest absolute Gasteiger partial charge is 0.132 e. The van der Waals surface area contributed by atoms with Gasteiger partial charge < -0.3 is 4.74 Å². The molecule has 2 nitrogen and oxygen atoms in total. The summed E-state index contributed by atoms with van der Waals surface area (Å²) < 4.78 is 6.47. The number of pyridine rings is 1. The lowest BCUT2D eigenvalue weighted by Gasteiger charge is -2.28. The molecule has 0 fully saturated rings. The molecule has 0 bridgehead atoms. The van der Waals surface area contributed by atoms with Gasteiger partial charge >= 0.3 is 0 Å². The summed E-state index contributed by atoms with van der Waals surface area (Å²) in [5, 5.41) is 1.23. The number of hydrogen-bond acceptors (Lipinski definition) is 2. The van der Waals surface area contributed by atoms with Gasteiger partial charge in [-0.1, -0.05) is 62.4 Å². The van der Waals surface area contributed by atoms with Crippen LogP contribution in [0, 0.1) is 13.8 Å². The highest BCUT2D eigenvalue weighted by Crippen LogP contribution is 2.62. The molecule has 1 aromatic heterocycles. The molecule has 2 heterocycles. The highest BCUT2D eigenvalue weighted by molar-refractivity contribution is 5.86. The minimum atomic E-state index is -0.0393. The molecule has 2 aliphatic rings. The van der Waals surface area contributed by atoms with E-state index >= 15 is 0 Å². The Morgan fingerprint density at radius 3 is 2.53 bits per heavy atom. The van der Waals surface area contributed by atoms with E-state index in [1.165, 1.54) is 38.8 Å². The van der Waals surface area contributed by atoms with Gasteiger partial charge in [-0.25, -0.2) is 4.98 Å². The van der Waals surface area contributed by atoms with Crippen LogP contribution in [0.25, 0.3) is 22.2 Å². The second-order valence-corrected chi connectivity index (χ2v) is 9.39. The van der Waals surface area contributed by atoms with E-state index in [-0.39, 0.29) is 11.5 Å². The normalized spacial score (nSPS) is 20.5. The molecule has 2 unspecified atom stereocenters. The Hall–Kier alpha value is -3.13. The fourth-order valence-electron chi connectivity index (χ4n) is 5.86. The molecule has 0 amide bonds. The van der Waals surface area contributed by atoms with Crippen molar-refractivity contribution in [1.29, 1.82) is 0 Å². The van der Waals surface area contributed by atoms with Crippen LogP contribution >= 0.6 is 0 Å². The van der Waals surface area contributed by atoms with E-state index < -0.39 is 0 Å². The predicted molar refractivity (Wildman–Crippen MR) is 122 cm³/mol. The molecule has 148 valence electrons. The van der Waals surface area contributed by atoms with Crippen molar-refractivity contribution in [1.82, 2.24) is 4.98 Å². The third kappa shape index (κ3) is 2.28. The fraction of sp³-hybridized carbons (Fsp3) is 0.250. The van der Waals surface area contributed by atoms with Gasteiger partial charge in [0.1, 0.15) is 11.9 Å². The molecule has 3 aromatic carbocycles. The maximum absolute atomic E-state index is 6.47. The number of para-hydroxylation sites is 1. The van der Waals surface area contributed by atoms with Gasteiger partial charge in [0, 0.05) is 27.8 Å². The molecule has 1 aliphatic carbocycles. The minimum Gasteiger partial charge on any atom is -0.485 e. The maximum atomic E-state index is 6.47. The summed E-state index contributed by atoms with van der Waals surface area (Å²) in [5.41, 5.74) is 9.85. The number of nitrogens with zero attached hydrogens (tertiary/aromatic N) is 1. The molecule has 0 N–H and O–H groups in total. The fourth-order valence-corrected chi connectivity index (χ4v) is 5.86. The number of benzene rings is 3. The maximum Gasteiger partial charge on any atom is 0.132 e. The first-order valence-electron chi connectivity index (χ1n) is 10.7. The molecular formula is C28H25NO. The Morgan fingerprint density at radius 2 is 1.67 bits per heavy atom. The van der Waals surface area contributed by atoms with Crippen LogP contribution in [0.4, 0.5) is 0 Å². The van der Waals surface area contributed by atoms with E-state index in [4.69, 9.17) is 9.72 Å². The molecule has 30 heavy (non-hydrogen) atoms. The zero-order chi connectivity index (χ0) is 20.6. The molecule has 2 atom stereocenters. The first kappa shape index (κ1) is 17.7. The SMILES string of the molecule is Cc1cc(C)c2ccc(-c3cccc4c3C(C)(C)C3c5ccccc5OC43)nc2c1. The Labute approximate surface area is 177 Å². The van der Waals surface area contributed by atoms with Crippen LogP contribution in [-0.2, 0) is 5.41 Å². The van der Waals surface area contributed by atoms with Crippen molar-refractivity contribution in [2.45, 2.75) is 45.1 Å². The summed E-state index contributed by atoms with van der Waals surface area (Å²) in [4.78, 5) is 5.11. The molecule has 2 heteroatoms. The molecular weight excluding hydrogens is 366 g/mol. The number of aromatic nitrogens is 1. The molecule has 0 radical (unpaired) electrons. The number of hydrogen-bond donors (Lipinski definition) is 0. The van der Waals surface area contributed by atoms with Gasteiger partial charge in [0.15, 0.2) is 0 Å². The third-order valence-electron chi connectivity index (χ3n) is 7.07. The standard InChI is InChI=1S/C28H25NO/c1-16-14-17(2)18-12-13-22(29-23(18)15-16)19-9-7-10-21-25(19)28(3,4)26-20-8-5-6-11-24(20)30-27(21)26/h5-15,26-27H,1-4H3. The van der Waals surface area contributed by atoms with Crippen LogP contribution in [0.15, 0.2) is 66.7 Å².